The maximum Gasteiger partial charge on any atom is 0.490 e. The van der Waals surface area contributed by atoms with Crippen LogP contribution in [0.15, 0.2) is 134 Å². The molecule has 5 atom stereocenters. The van der Waals surface area contributed by atoms with Crippen LogP contribution in [-0.2, 0) is 33.2 Å². The number of aromatic amines is 2. The number of pyridine rings is 4. The Hall–Kier alpha value is -9.02. The van der Waals surface area contributed by atoms with Gasteiger partial charge in [-0.25, -0.2) is 19.6 Å². The van der Waals surface area contributed by atoms with E-state index in [-0.39, 0.29) is 36.4 Å². The normalized spacial score (nSPS) is 20.8. The fourth-order valence-corrected chi connectivity index (χ4v) is 14.0. The molecule has 103 heavy (non-hydrogen) atoms. The second kappa shape index (κ2) is 32.3. The van der Waals surface area contributed by atoms with Crippen molar-refractivity contribution in [3.8, 4) is 45.3 Å². The van der Waals surface area contributed by atoms with Crippen molar-refractivity contribution in [2.24, 2.45) is 17.6 Å². The number of benzene rings is 2. The monoisotopic (exact) mass is 1400 g/mol. The van der Waals surface area contributed by atoms with Crippen molar-refractivity contribution in [3.63, 3.8) is 0 Å². The van der Waals surface area contributed by atoms with Gasteiger partial charge in [0.25, 0.3) is 0 Å². The van der Waals surface area contributed by atoms with E-state index in [1.54, 1.807) is 33.4 Å². The molecule has 0 spiro atoms. The molecule has 3 saturated heterocycles. The lowest BCUT2D eigenvalue weighted by Crippen LogP contribution is -2.43. The van der Waals surface area contributed by atoms with E-state index in [4.69, 9.17) is 34.6 Å². The van der Waals surface area contributed by atoms with Crippen molar-refractivity contribution in [2.45, 2.75) is 220 Å². The van der Waals surface area contributed by atoms with E-state index < -0.39 is 29.3 Å². The third-order valence-corrected chi connectivity index (χ3v) is 20.3. The number of Topliss-reactive ketones (excluding diaryl/α,β-unsaturated/α-hetero) is 1. The zero-order valence-corrected chi connectivity index (χ0v) is 62.0. The summed E-state index contributed by atoms with van der Waals surface area (Å²) in [6.07, 6.45) is 27.0. The fourth-order valence-electron chi connectivity index (χ4n) is 14.0. The average Bonchev–Trinajstić information content (AvgIpc) is 1.71. The number of carbonyl (C=O) groups excluding carboxylic acids is 3. The fraction of sp³-hybridized carbons (Fsp3) is 0.463. The molecule has 6 aromatic heterocycles. The molecule has 0 saturated carbocycles. The molecule has 0 unspecified atom stereocenters. The van der Waals surface area contributed by atoms with E-state index in [2.05, 4.69) is 135 Å². The molecular formula is C82H102BN11O9. The molecule has 6 N–H and O–H groups in total. The number of aliphatic carboxylic acids is 1. The van der Waals surface area contributed by atoms with E-state index in [0.717, 1.165) is 162 Å². The van der Waals surface area contributed by atoms with Crippen LogP contribution in [-0.4, -0.2) is 134 Å². The van der Waals surface area contributed by atoms with E-state index in [1.165, 1.54) is 32.6 Å². The molecule has 2 aromatic carbocycles. The lowest BCUT2D eigenvalue weighted by Gasteiger charge is -2.32. The number of allylic oxidation sites excluding steroid dienone is 5. The van der Waals surface area contributed by atoms with Gasteiger partial charge in [0.2, 0.25) is 0 Å². The van der Waals surface area contributed by atoms with Gasteiger partial charge < -0.3 is 44.9 Å². The number of ether oxygens (including phenoxy) is 2. The van der Waals surface area contributed by atoms with Crippen LogP contribution in [0, 0.1) is 25.7 Å². The molecule has 0 radical (unpaired) electrons. The third-order valence-electron chi connectivity index (χ3n) is 20.3. The van der Waals surface area contributed by atoms with Gasteiger partial charge in [-0.1, -0.05) is 42.5 Å². The van der Waals surface area contributed by atoms with Crippen molar-refractivity contribution < 1.29 is 43.1 Å². The molecule has 542 valence electrons. The first kappa shape index (κ1) is 75.2. The minimum atomic E-state index is -0.960. The number of aromatic nitrogens is 8. The molecule has 1 amide bonds. The number of amides is 1. The number of fused-ring (bicyclic) bond motifs is 2. The number of hydrogen-bond donors (Lipinski definition) is 5. The Kier molecular flexibility index (Phi) is 23.6. The largest absolute Gasteiger partial charge is 0.490 e. The Labute approximate surface area is 606 Å². The number of rotatable bonds is 13. The summed E-state index contributed by atoms with van der Waals surface area (Å²) in [4.78, 5) is 82.7. The number of hydrogen-bond acceptors (Lipinski definition) is 16. The van der Waals surface area contributed by atoms with Crippen molar-refractivity contribution in [2.75, 3.05) is 13.1 Å². The molecule has 8 aromatic rings. The van der Waals surface area contributed by atoms with E-state index in [1.807, 2.05) is 83.4 Å². The van der Waals surface area contributed by atoms with Crippen molar-refractivity contribution >= 4 is 63.9 Å². The molecule has 0 bridgehead atoms. The number of esters is 1. The summed E-state index contributed by atoms with van der Waals surface area (Å²) in [5, 5.41) is 14.4. The predicted molar refractivity (Wildman–Crippen MR) is 406 cm³/mol. The first-order valence-corrected chi connectivity index (χ1v) is 36.7. The van der Waals surface area contributed by atoms with Gasteiger partial charge in [-0.3, -0.25) is 34.4 Å². The Bertz CT molecular complexity index is 4440. The highest BCUT2D eigenvalue weighted by molar-refractivity contribution is 6.54. The Balaban J connectivity index is 0.000000144. The molecule has 6 aliphatic rings. The van der Waals surface area contributed by atoms with Crippen LogP contribution in [0.1, 0.15) is 188 Å². The van der Waals surface area contributed by atoms with Crippen LogP contribution in [0.5, 0.6) is 0 Å². The first-order valence-electron chi connectivity index (χ1n) is 36.7. The summed E-state index contributed by atoms with van der Waals surface area (Å²) in [7, 11) is -0.248. The van der Waals surface area contributed by atoms with Crippen molar-refractivity contribution in [1.29, 1.82) is 0 Å². The van der Waals surface area contributed by atoms with Gasteiger partial charge in [-0.15, -0.1) is 0 Å². The molecule has 9 heterocycles. The van der Waals surface area contributed by atoms with Gasteiger partial charge in [-0.05, 0) is 273 Å². The van der Waals surface area contributed by atoms with Gasteiger partial charge in [-0.2, -0.15) is 0 Å². The second-order valence-corrected chi connectivity index (χ2v) is 31.3. The molecular weight excluding hydrogens is 1290 g/mol. The SMILES string of the molecule is CC(C)(C)OC(=O)C[C@H]1CC=C(B2OC(C)(C)C(C)(C)O2)CC1.CC(C)(C)OC(=O)N1CCC[C@H]1C(=O)O.Cc1cccc(-c2[nH]cnc2-c2ccc3ncc(C4=CC[C@H](CC(=O)[C@@H]5CCCN5)CC4)cc3c2)n1.Cc1cccc(-c2[nH]cnc2-c2ccc3ncc(C4=CC[C@H](N)CC4)cc3c2)n1. The zero-order chi connectivity index (χ0) is 73.4. The summed E-state index contributed by atoms with van der Waals surface area (Å²) in [5.41, 5.74) is 22.1. The molecule has 3 aliphatic heterocycles. The zero-order valence-electron chi connectivity index (χ0n) is 62.0. The molecule has 14 rings (SSSR count). The highest BCUT2D eigenvalue weighted by atomic mass is 16.7. The number of carboxylic acid groups (broad SMARTS) is 1. The Morgan fingerprint density at radius 1 is 0.621 bits per heavy atom. The maximum absolute atomic E-state index is 12.6. The number of nitrogens with zero attached hydrogens (tertiary/aromatic N) is 7. The second-order valence-electron chi connectivity index (χ2n) is 31.3. The van der Waals surface area contributed by atoms with Crippen LogP contribution in [0.25, 0.3) is 78.2 Å². The number of carboxylic acids is 1. The Morgan fingerprint density at radius 3 is 1.62 bits per heavy atom. The van der Waals surface area contributed by atoms with Crippen LogP contribution in [0.4, 0.5) is 4.79 Å². The summed E-state index contributed by atoms with van der Waals surface area (Å²) in [5.74, 6) is 0.147. The third kappa shape index (κ3) is 19.4. The minimum Gasteiger partial charge on any atom is -0.480 e. The lowest BCUT2D eigenvalue weighted by atomic mass is 9.70. The number of H-pyrrole nitrogens is 2. The number of aryl methyl sites for hydroxylation is 2. The topological polar surface area (TPSA) is 276 Å². The number of nitrogens with two attached hydrogens (primary N) is 1. The van der Waals surface area contributed by atoms with Gasteiger partial charge in [0.05, 0.1) is 75.1 Å². The van der Waals surface area contributed by atoms with E-state index in [0.29, 0.717) is 43.4 Å². The summed E-state index contributed by atoms with van der Waals surface area (Å²) in [6.45, 7) is 24.7. The highest BCUT2D eigenvalue weighted by Crippen LogP contribution is 2.42. The summed E-state index contributed by atoms with van der Waals surface area (Å²) < 4.78 is 22.7. The number of ketones is 1. The van der Waals surface area contributed by atoms with Gasteiger partial charge >= 0.3 is 25.2 Å². The smallest absolute Gasteiger partial charge is 0.480 e. The number of imidazole rings is 2. The quantitative estimate of drug-likeness (QED) is 0.0530. The molecule has 3 aliphatic carbocycles. The van der Waals surface area contributed by atoms with Gasteiger partial charge in [0, 0.05) is 71.1 Å². The molecule has 3 fully saturated rings. The highest BCUT2D eigenvalue weighted by Gasteiger charge is 2.52. The summed E-state index contributed by atoms with van der Waals surface area (Å²) in [6, 6.07) is 28.7. The average molecular weight is 1400 g/mol. The first-order chi connectivity index (χ1) is 49.0. The Morgan fingerprint density at radius 2 is 1.15 bits per heavy atom. The molecule has 20 nitrogen and oxygen atoms in total. The van der Waals surface area contributed by atoms with Crippen molar-refractivity contribution in [3.05, 3.63) is 156 Å². The van der Waals surface area contributed by atoms with Gasteiger partial charge in [0.15, 0.2) is 0 Å². The van der Waals surface area contributed by atoms with Crippen molar-refractivity contribution in [1.82, 2.24) is 50.1 Å². The number of nitrogens with one attached hydrogen (secondary N) is 3. The maximum atomic E-state index is 12.6. The predicted octanol–water partition coefficient (Wildman–Crippen LogP) is 16.3. The van der Waals surface area contributed by atoms with E-state index in [9.17, 15) is 19.2 Å². The van der Waals surface area contributed by atoms with Crippen LogP contribution in [0.2, 0.25) is 0 Å². The number of likely N-dealkylation sites (tertiary alicyclic amines) is 1. The van der Waals surface area contributed by atoms with Gasteiger partial charge in [0.1, 0.15) is 23.0 Å². The van der Waals surface area contributed by atoms with Crippen LogP contribution >= 0.6 is 0 Å². The summed E-state index contributed by atoms with van der Waals surface area (Å²) >= 11 is 0. The van der Waals surface area contributed by atoms with Crippen LogP contribution in [0.3, 0.4) is 0 Å². The van der Waals surface area contributed by atoms with Crippen LogP contribution < -0.4 is 11.1 Å². The lowest BCUT2D eigenvalue weighted by molar-refractivity contribution is -0.156. The minimum absolute atomic E-state index is 0.0889. The number of carbonyl (C=O) groups is 4. The molecule has 21 heteroatoms. The standard InChI is InChI=1S/C30H31N5O.C24H23N5.C18H31BO4.C10H17NO4/c1-19-4-2-5-27(35-19)30-29(33-18-34-30)22-11-12-25-23(15-22)16-24(17-32-25)21-9-7-20(8-10-21)14-28(36)26-6-3-13-31-26;1-15-3-2-4-22(29-15)24-23(27-14-28-24)17-7-10-21-18(11-17)12-19(13-26-21)16-5-8-20(25)9-6-16;1-16(2,3)21-15(20)12-13-8-10-14(11-9-13)19-22-17(4,5)18(6,7)23-19;1-10(2,3)15-9(14)11-6-4-5-7(11)8(12)13/h2,4-5,9,11-12,15-18,20,26,31H,3,6-8,10,13-14H2,1H3,(H,33,34);2-5,7,10-14,20H,6,8-9,25H2,1H3,(H,27,28);10,13H,8-9,11-12H2,1-7H3;7H,4-6H2,1-3H3,(H,12,13)/t20-,26-;20-;13-;7-/m0000/s1. The van der Waals surface area contributed by atoms with E-state index >= 15 is 0 Å².